The summed E-state index contributed by atoms with van der Waals surface area (Å²) in [7, 11) is 0. The lowest BCUT2D eigenvalue weighted by Gasteiger charge is -2.03. The van der Waals surface area contributed by atoms with Gasteiger partial charge in [0.15, 0.2) is 0 Å². The summed E-state index contributed by atoms with van der Waals surface area (Å²) in [6, 6.07) is 3.98. The molecule has 0 spiro atoms. The van der Waals surface area contributed by atoms with Crippen LogP contribution in [0.25, 0.3) is 10.1 Å². The number of fused-ring (bicyclic) bond motifs is 1. The second kappa shape index (κ2) is 3.49. The maximum absolute atomic E-state index is 6.07. The van der Waals surface area contributed by atoms with Crippen molar-refractivity contribution >= 4 is 44.6 Å². The van der Waals surface area contributed by atoms with Crippen LogP contribution in [0, 0.1) is 0 Å². The molecular weight excluding hydrogens is 223 g/mol. The predicted molar refractivity (Wildman–Crippen MR) is 61.2 cm³/mol. The van der Waals surface area contributed by atoms with Gasteiger partial charge in [-0.1, -0.05) is 30.1 Å². The van der Waals surface area contributed by atoms with Crippen molar-refractivity contribution in [1.29, 1.82) is 0 Å². The number of aryl methyl sites for hydroxylation is 1. The van der Waals surface area contributed by atoms with E-state index >= 15 is 0 Å². The van der Waals surface area contributed by atoms with Crippen molar-refractivity contribution in [2.24, 2.45) is 0 Å². The normalized spacial score (nSPS) is 11.0. The van der Waals surface area contributed by atoms with E-state index in [4.69, 9.17) is 23.2 Å². The minimum atomic E-state index is 0.657. The third-order valence-electron chi connectivity index (χ3n) is 2.08. The Bertz CT molecular complexity index is 445. The Morgan fingerprint density at radius 3 is 2.85 bits per heavy atom. The highest BCUT2D eigenvalue weighted by Crippen LogP contribution is 2.36. The van der Waals surface area contributed by atoms with Crippen molar-refractivity contribution in [3.63, 3.8) is 0 Å². The monoisotopic (exact) mass is 230 g/mol. The van der Waals surface area contributed by atoms with Crippen LogP contribution in [-0.4, -0.2) is 0 Å². The molecule has 3 heteroatoms. The van der Waals surface area contributed by atoms with Crippen molar-refractivity contribution in [3.8, 4) is 0 Å². The fourth-order valence-electron chi connectivity index (χ4n) is 1.40. The number of hydrogen-bond donors (Lipinski definition) is 0. The molecule has 0 atom stereocenters. The Morgan fingerprint density at radius 1 is 1.38 bits per heavy atom. The lowest BCUT2D eigenvalue weighted by atomic mass is 10.1. The molecule has 0 bridgehead atoms. The van der Waals surface area contributed by atoms with Gasteiger partial charge < -0.3 is 0 Å². The number of halogens is 2. The molecule has 0 saturated carbocycles. The van der Waals surface area contributed by atoms with Crippen molar-refractivity contribution in [3.05, 3.63) is 33.1 Å². The quantitative estimate of drug-likeness (QED) is 0.663. The minimum absolute atomic E-state index is 0.657. The second-order valence-corrected chi connectivity index (χ2v) is 4.55. The molecule has 1 aromatic heterocycles. The first-order chi connectivity index (χ1) is 6.24. The fourth-order valence-corrected chi connectivity index (χ4v) is 2.90. The SMILES string of the molecule is CCc1cc(Cl)c(Cl)c2ccsc12. The van der Waals surface area contributed by atoms with E-state index in [1.165, 1.54) is 10.3 Å². The van der Waals surface area contributed by atoms with Crippen LogP contribution in [-0.2, 0) is 6.42 Å². The molecule has 0 aliphatic carbocycles. The van der Waals surface area contributed by atoms with Gasteiger partial charge in [-0.05, 0) is 29.5 Å². The molecule has 0 saturated heterocycles. The highest BCUT2D eigenvalue weighted by atomic mass is 35.5. The third kappa shape index (κ3) is 1.45. The van der Waals surface area contributed by atoms with E-state index in [2.05, 4.69) is 6.92 Å². The molecule has 68 valence electrons. The fraction of sp³-hybridized carbons (Fsp3) is 0.200. The van der Waals surface area contributed by atoms with E-state index in [1.807, 2.05) is 17.5 Å². The molecule has 0 aliphatic heterocycles. The summed E-state index contributed by atoms with van der Waals surface area (Å²) < 4.78 is 1.26. The van der Waals surface area contributed by atoms with Crippen LogP contribution >= 0.6 is 34.5 Å². The first kappa shape index (κ1) is 9.32. The molecule has 0 N–H and O–H groups in total. The highest BCUT2D eigenvalue weighted by Gasteiger charge is 2.08. The largest absolute Gasteiger partial charge is 0.143 e. The maximum atomic E-state index is 6.07. The van der Waals surface area contributed by atoms with Crippen LogP contribution < -0.4 is 0 Å². The van der Waals surface area contributed by atoms with Gasteiger partial charge in [-0.15, -0.1) is 11.3 Å². The van der Waals surface area contributed by atoms with E-state index in [9.17, 15) is 0 Å². The van der Waals surface area contributed by atoms with Crippen molar-refractivity contribution in [2.75, 3.05) is 0 Å². The molecular formula is C10H8Cl2S. The number of benzene rings is 1. The van der Waals surface area contributed by atoms with Crippen LogP contribution in [0.3, 0.4) is 0 Å². The van der Waals surface area contributed by atoms with Gasteiger partial charge in [0.1, 0.15) is 0 Å². The van der Waals surface area contributed by atoms with Crippen LogP contribution in [0.1, 0.15) is 12.5 Å². The molecule has 0 amide bonds. The van der Waals surface area contributed by atoms with Crippen LogP contribution in [0.2, 0.25) is 10.0 Å². The first-order valence-electron chi connectivity index (χ1n) is 4.08. The number of hydrogen-bond acceptors (Lipinski definition) is 1. The first-order valence-corrected chi connectivity index (χ1v) is 5.71. The van der Waals surface area contributed by atoms with E-state index in [0.29, 0.717) is 10.0 Å². The molecule has 13 heavy (non-hydrogen) atoms. The highest BCUT2D eigenvalue weighted by molar-refractivity contribution is 7.17. The van der Waals surface area contributed by atoms with Gasteiger partial charge in [-0.25, -0.2) is 0 Å². The summed E-state index contributed by atoms with van der Waals surface area (Å²) in [5.41, 5.74) is 1.28. The summed E-state index contributed by atoms with van der Waals surface area (Å²) in [6.07, 6.45) is 0.994. The van der Waals surface area contributed by atoms with Crippen molar-refractivity contribution in [1.82, 2.24) is 0 Å². The van der Waals surface area contributed by atoms with Gasteiger partial charge in [0.2, 0.25) is 0 Å². The molecule has 1 aromatic carbocycles. The van der Waals surface area contributed by atoms with E-state index < -0.39 is 0 Å². The Balaban J connectivity index is 2.87. The average molecular weight is 231 g/mol. The Hall–Kier alpha value is -0.240. The zero-order chi connectivity index (χ0) is 9.42. The number of thiophene rings is 1. The smallest absolute Gasteiger partial charge is 0.0679 e. The molecule has 0 radical (unpaired) electrons. The maximum Gasteiger partial charge on any atom is 0.0679 e. The van der Waals surface area contributed by atoms with Gasteiger partial charge in [0.05, 0.1) is 10.0 Å². The average Bonchev–Trinajstić information content (AvgIpc) is 2.60. The zero-order valence-corrected chi connectivity index (χ0v) is 9.43. The van der Waals surface area contributed by atoms with E-state index in [-0.39, 0.29) is 0 Å². The molecule has 0 unspecified atom stereocenters. The summed E-state index contributed by atoms with van der Waals surface area (Å²) >= 11 is 13.8. The van der Waals surface area contributed by atoms with Gasteiger partial charge in [0.25, 0.3) is 0 Å². The molecule has 0 fully saturated rings. The topological polar surface area (TPSA) is 0 Å². The van der Waals surface area contributed by atoms with Crippen LogP contribution in [0.5, 0.6) is 0 Å². The lowest BCUT2D eigenvalue weighted by Crippen LogP contribution is -1.81. The zero-order valence-electron chi connectivity index (χ0n) is 7.10. The van der Waals surface area contributed by atoms with Crippen LogP contribution in [0.4, 0.5) is 0 Å². The Labute approximate surface area is 91.1 Å². The van der Waals surface area contributed by atoms with Gasteiger partial charge in [-0.3, -0.25) is 0 Å². The lowest BCUT2D eigenvalue weighted by molar-refractivity contribution is 1.16. The van der Waals surface area contributed by atoms with Crippen molar-refractivity contribution < 1.29 is 0 Å². The predicted octanol–water partition coefficient (Wildman–Crippen LogP) is 4.77. The summed E-state index contributed by atoms with van der Waals surface area (Å²) in [6.45, 7) is 2.12. The van der Waals surface area contributed by atoms with Gasteiger partial charge in [-0.2, -0.15) is 0 Å². The van der Waals surface area contributed by atoms with Gasteiger partial charge in [0, 0.05) is 10.1 Å². The number of rotatable bonds is 1. The Kier molecular flexibility index (Phi) is 2.50. The Morgan fingerprint density at radius 2 is 2.15 bits per heavy atom. The minimum Gasteiger partial charge on any atom is -0.143 e. The second-order valence-electron chi connectivity index (χ2n) is 2.85. The summed E-state index contributed by atoms with van der Waals surface area (Å²) in [5.74, 6) is 0. The molecule has 1 heterocycles. The summed E-state index contributed by atoms with van der Waals surface area (Å²) in [4.78, 5) is 0. The molecule has 0 aliphatic rings. The van der Waals surface area contributed by atoms with Crippen molar-refractivity contribution in [2.45, 2.75) is 13.3 Å². The standard InChI is InChI=1S/C10H8Cl2S/c1-2-6-5-8(11)9(12)7-3-4-13-10(6)7/h3-5H,2H2,1H3. The van der Waals surface area contributed by atoms with E-state index in [0.717, 1.165) is 11.8 Å². The van der Waals surface area contributed by atoms with Gasteiger partial charge >= 0.3 is 0 Å². The molecule has 2 aromatic rings. The van der Waals surface area contributed by atoms with E-state index in [1.54, 1.807) is 11.3 Å². The summed E-state index contributed by atoms with van der Waals surface area (Å²) in [5, 5.41) is 4.46. The third-order valence-corrected chi connectivity index (χ3v) is 3.88. The van der Waals surface area contributed by atoms with Crippen LogP contribution in [0.15, 0.2) is 17.5 Å². The molecule has 2 rings (SSSR count). The molecule has 0 nitrogen and oxygen atoms in total.